The molecule has 338 valence electrons. The summed E-state index contributed by atoms with van der Waals surface area (Å²) in [5.41, 5.74) is 18.0. The predicted octanol–water partition coefficient (Wildman–Crippen LogP) is 20.2. The van der Waals surface area contributed by atoms with Gasteiger partial charge in [-0.3, -0.25) is 0 Å². The number of hydrogen-bond acceptors (Lipinski definition) is 3. The van der Waals surface area contributed by atoms with Crippen molar-refractivity contribution in [1.29, 1.82) is 0 Å². The quantitative estimate of drug-likeness (QED) is 0.129. The molecule has 0 aliphatic carbocycles. The fourth-order valence-electron chi connectivity index (χ4n) is 9.94. The molecule has 0 saturated carbocycles. The van der Waals surface area contributed by atoms with Crippen LogP contribution in [-0.4, -0.2) is 0 Å². The predicted molar refractivity (Wildman–Crippen MR) is 300 cm³/mol. The van der Waals surface area contributed by atoms with Crippen LogP contribution in [0.4, 0.5) is 34.1 Å². The largest absolute Gasteiger partial charge is 0.456 e. The van der Waals surface area contributed by atoms with E-state index in [9.17, 15) is 0 Å². The Hall–Kier alpha value is -8.60. The molecule has 0 saturated heterocycles. The summed E-state index contributed by atoms with van der Waals surface area (Å²) in [5.74, 6) is 0. The molecule has 1 aromatic heterocycles. The van der Waals surface area contributed by atoms with Crippen LogP contribution in [-0.2, 0) is 0 Å². The highest BCUT2D eigenvalue weighted by atomic mass is 35.5. The van der Waals surface area contributed by atoms with Gasteiger partial charge in [0, 0.05) is 65.8 Å². The van der Waals surface area contributed by atoms with Crippen molar-refractivity contribution in [3.05, 3.63) is 277 Å². The molecule has 0 aliphatic heterocycles. The van der Waals surface area contributed by atoms with Gasteiger partial charge in [0.15, 0.2) is 0 Å². The topological polar surface area (TPSA) is 19.6 Å². The standard InChI is InChI=1S/C66H44Cl2N2O/c67-51-27-15-29-53(42-51)69(65-57(45-19-5-1-6-20-45)32-17-33-58(65)46-21-7-2-8-22-46)55-39-50(49-37-38-64-62(41-49)61-31-13-14-36-63(61)71-64)40-56(44-55)70(54-30-16-28-52(68)43-54)66-59(47-23-9-3-10-24-47)34-18-35-60(66)48-25-11-4-12-26-48/h1-44H. The van der Waals surface area contributed by atoms with Gasteiger partial charge in [-0.05, 0) is 106 Å². The zero-order chi connectivity index (χ0) is 47.7. The van der Waals surface area contributed by atoms with E-state index in [0.29, 0.717) is 10.0 Å². The third kappa shape index (κ3) is 8.53. The zero-order valence-electron chi connectivity index (χ0n) is 38.5. The van der Waals surface area contributed by atoms with Crippen molar-refractivity contribution in [3.8, 4) is 55.6 Å². The molecule has 0 amide bonds. The maximum Gasteiger partial charge on any atom is 0.135 e. The number of benzene rings is 11. The van der Waals surface area contributed by atoms with Gasteiger partial charge in [0.2, 0.25) is 0 Å². The van der Waals surface area contributed by atoms with E-state index >= 15 is 0 Å². The average Bonchev–Trinajstić information content (AvgIpc) is 3.80. The van der Waals surface area contributed by atoms with Crippen molar-refractivity contribution < 1.29 is 4.42 Å². The van der Waals surface area contributed by atoms with Crippen LogP contribution < -0.4 is 9.80 Å². The number of furan rings is 1. The minimum atomic E-state index is 0.629. The summed E-state index contributed by atoms with van der Waals surface area (Å²) in [6, 6.07) is 93.7. The van der Waals surface area contributed by atoms with E-state index in [1.165, 1.54) is 0 Å². The normalized spacial score (nSPS) is 11.2. The summed E-state index contributed by atoms with van der Waals surface area (Å²) >= 11 is 14.1. The zero-order valence-corrected chi connectivity index (χ0v) is 40.0. The Kier molecular flexibility index (Phi) is 11.7. The van der Waals surface area contributed by atoms with Gasteiger partial charge in [-0.2, -0.15) is 0 Å². The molecular weight excluding hydrogens is 908 g/mol. The number of rotatable bonds is 11. The van der Waals surface area contributed by atoms with Crippen molar-refractivity contribution in [2.24, 2.45) is 0 Å². The molecular formula is C66H44Cl2N2O. The molecule has 12 aromatic rings. The van der Waals surface area contributed by atoms with Gasteiger partial charge in [0.25, 0.3) is 0 Å². The lowest BCUT2D eigenvalue weighted by molar-refractivity contribution is 0.669. The third-order valence-corrected chi connectivity index (χ3v) is 13.6. The van der Waals surface area contributed by atoms with Crippen LogP contribution in [0.3, 0.4) is 0 Å². The third-order valence-electron chi connectivity index (χ3n) is 13.1. The molecule has 0 radical (unpaired) electrons. The van der Waals surface area contributed by atoms with Crippen LogP contribution in [0.15, 0.2) is 271 Å². The van der Waals surface area contributed by atoms with E-state index in [2.05, 4.69) is 240 Å². The van der Waals surface area contributed by atoms with Crippen molar-refractivity contribution in [1.82, 2.24) is 0 Å². The van der Waals surface area contributed by atoms with Crippen molar-refractivity contribution in [2.45, 2.75) is 0 Å². The summed E-state index contributed by atoms with van der Waals surface area (Å²) in [6.45, 7) is 0. The summed E-state index contributed by atoms with van der Waals surface area (Å²) < 4.78 is 6.40. The van der Waals surface area contributed by atoms with Crippen LogP contribution in [0.25, 0.3) is 77.6 Å². The molecule has 0 fully saturated rings. The Bertz CT molecular complexity index is 3540. The number of fused-ring (bicyclic) bond motifs is 3. The lowest BCUT2D eigenvalue weighted by Crippen LogP contribution is -2.16. The molecule has 0 unspecified atom stereocenters. The molecule has 3 nitrogen and oxygen atoms in total. The fraction of sp³-hybridized carbons (Fsp3) is 0. The van der Waals surface area contributed by atoms with Crippen LogP contribution in [0.5, 0.6) is 0 Å². The number of halogens is 2. The van der Waals surface area contributed by atoms with E-state index in [1.54, 1.807) is 0 Å². The van der Waals surface area contributed by atoms with Gasteiger partial charge in [0.1, 0.15) is 11.2 Å². The first-order valence-corrected chi connectivity index (χ1v) is 24.5. The molecule has 1 heterocycles. The molecule has 0 atom stereocenters. The van der Waals surface area contributed by atoms with Gasteiger partial charge >= 0.3 is 0 Å². The smallest absolute Gasteiger partial charge is 0.135 e. The monoisotopic (exact) mass is 950 g/mol. The van der Waals surface area contributed by atoms with Crippen molar-refractivity contribution in [2.75, 3.05) is 9.80 Å². The second kappa shape index (κ2) is 19.1. The average molecular weight is 952 g/mol. The van der Waals surface area contributed by atoms with Crippen LogP contribution >= 0.6 is 23.2 Å². The molecule has 12 rings (SSSR count). The van der Waals surface area contributed by atoms with E-state index in [0.717, 1.165) is 112 Å². The van der Waals surface area contributed by atoms with Gasteiger partial charge in [0.05, 0.1) is 11.4 Å². The highest BCUT2D eigenvalue weighted by molar-refractivity contribution is 6.31. The lowest BCUT2D eigenvalue weighted by Gasteiger charge is -2.34. The molecule has 0 spiro atoms. The van der Waals surface area contributed by atoms with E-state index in [1.807, 2.05) is 36.4 Å². The molecule has 0 aliphatic rings. The Morgan fingerprint density at radius 3 is 1.08 bits per heavy atom. The number of nitrogens with zero attached hydrogens (tertiary/aromatic N) is 2. The highest BCUT2D eigenvalue weighted by Crippen LogP contribution is 2.52. The van der Waals surface area contributed by atoms with Crippen LogP contribution in [0, 0.1) is 0 Å². The van der Waals surface area contributed by atoms with Gasteiger partial charge in [-0.1, -0.05) is 217 Å². The first-order valence-electron chi connectivity index (χ1n) is 23.7. The number of para-hydroxylation sites is 3. The summed E-state index contributed by atoms with van der Waals surface area (Å²) in [7, 11) is 0. The van der Waals surface area contributed by atoms with Crippen LogP contribution in [0.1, 0.15) is 0 Å². The Morgan fingerprint density at radius 1 is 0.254 bits per heavy atom. The molecule has 71 heavy (non-hydrogen) atoms. The second-order valence-corrected chi connectivity index (χ2v) is 18.4. The summed E-state index contributed by atoms with van der Waals surface area (Å²) in [5, 5.41) is 3.37. The van der Waals surface area contributed by atoms with Gasteiger partial charge < -0.3 is 14.2 Å². The molecule has 5 heteroatoms. The van der Waals surface area contributed by atoms with Crippen molar-refractivity contribution >= 4 is 79.3 Å². The lowest BCUT2D eigenvalue weighted by atomic mass is 9.93. The maximum atomic E-state index is 7.05. The molecule has 0 N–H and O–H groups in total. The first kappa shape index (κ1) is 43.7. The minimum Gasteiger partial charge on any atom is -0.456 e. The van der Waals surface area contributed by atoms with Crippen molar-refractivity contribution in [3.63, 3.8) is 0 Å². The summed E-state index contributed by atoms with van der Waals surface area (Å²) in [6.07, 6.45) is 0. The Balaban J connectivity index is 1.22. The van der Waals surface area contributed by atoms with Gasteiger partial charge in [-0.15, -0.1) is 0 Å². The summed E-state index contributed by atoms with van der Waals surface area (Å²) in [4.78, 5) is 4.76. The van der Waals surface area contributed by atoms with E-state index < -0.39 is 0 Å². The maximum absolute atomic E-state index is 7.05. The first-order chi connectivity index (χ1) is 35.0. The second-order valence-electron chi connectivity index (χ2n) is 17.5. The Labute approximate surface area is 423 Å². The highest BCUT2D eigenvalue weighted by Gasteiger charge is 2.27. The molecule has 11 aromatic carbocycles. The minimum absolute atomic E-state index is 0.629. The van der Waals surface area contributed by atoms with Gasteiger partial charge in [-0.25, -0.2) is 0 Å². The van der Waals surface area contributed by atoms with Crippen LogP contribution in [0.2, 0.25) is 10.0 Å². The number of hydrogen-bond donors (Lipinski definition) is 0. The van der Waals surface area contributed by atoms with E-state index in [-0.39, 0.29) is 0 Å². The molecule has 0 bridgehead atoms. The fourth-order valence-corrected chi connectivity index (χ4v) is 10.3. The SMILES string of the molecule is Clc1cccc(N(c2cc(-c3ccc4oc5ccccc5c4c3)cc(N(c3cccc(Cl)c3)c3c(-c4ccccc4)cccc3-c3ccccc3)c2)c2c(-c3ccccc3)cccc2-c2ccccc2)c1. The van der Waals surface area contributed by atoms with E-state index in [4.69, 9.17) is 27.6 Å². The number of anilines is 6. The Morgan fingerprint density at radius 2 is 0.648 bits per heavy atom.